The highest BCUT2D eigenvalue weighted by Crippen LogP contribution is 2.38. The second kappa shape index (κ2) is 10.3. The van der Waals surface area contributed by atoms with Gasteiger partial charge in [0.25, 0.3) is 5.56 Å². The number of amides is 1. The molecule has 1 amide bonds. The third-order valence-electron chi connectivity index (χ3n) is 9.63. The minimum Gasteiger partial charge on any atom is -0.460 e. The fraction of sp³-hybridized carbons (Fsp3) is 0.485. The largest absolute Gasteiger partial charge is 0.460 e. The average molecular weight is 556 g/mol. The van der Waals surface area contributed by atoms with Crippen LogP contribution in [0.1, 0.15) is 65.3 Å². The summed E-state index contributed by atoms with van der Waals surface area (Å²) in [6, 6.07) is 7.70. The van der Waals surface area contributed by atoms with Gasteiger partial charge in [-0.25, -0.2) is 4.79 Å². The maximum atomic E-state index is 13.0. The van der Waals surface area contributed by atoms with Crippen molar-refractivity contribution in [1.29, 1.82) is 0 Å². The molecule has 1 fully saturated rings. The molecule has 3 aromatic heterocycles. The maximum Gasteiger partial charge on any atom is 0.339 e. The van der Waals surface area contributed by atoms with Crippen molar-refractivity contribution in [2.75, 3.05) is 26.2 Å². The minimum absolute atomic E-state index is 0.0615. The van der Waals surface area contributed by atoms with Gasteiger partial charge in [-0.15, -0.1) is 0 Å². The Balaban J connectivity index is 1.00. The fourth-order valence-corrected chi connectivity index (χ4v) is 7.56. The average Bonchev–Trinajstić information content (AvgIpc) is 3.33. The Morgan fingerprint density at radius 2 is 1.83 bits per heavy atom. The normalized spacial score (nSPS) is 20.2. The van der Waals surface area contributed by atoms with Gasteiger partial charge in [0.2, 0.25) is 5.91 Å². The summed E-state index contributed by atoms with van der Waals surface area (Å²) >= 11 is 0. The lowest BCUT2D eigenvalue weighted by molar-refractivity contribution is -0.121. The van der Waals surface area contributed by atoms with Crippen LogP contribution in [-0.2, 0) is 30.6 Å². The van der Waals surface area contributed by atoms with E-state index in [2.05, 4.69) is 22.3 Å². The molecule has 2 aliphatic heterocycles. The van der Waals surface area contributed by atoms with E-state index in [1.54, 1.807) is 6.07 Å². The Morgan fingerprint density at radius 1 is 1.00 bits per heavy atom. The van der Waals surface area contributed by atoms with Gasteiger partial charge in [-0.1, -0.05) is 6.07 Å². The number of carbonyl (C=O) groups is 1. The summed E-state index contributed by atoms with van der Waals surface area (Å²) in [5, 5.41) is 5.11. The van der Waals surface area contributed by atoms with Gasteiger partial charge in [0.05, 0.1) is 0 Å². The van der Waals surface area contributed by atoms with Gasteiger partial charge in [-0.2, -0.15) is 0 Å². The molecule has 214 valence electrons. The summed E-state index contributed by atoms with van der Waals surface area (Å²) < 4.78 is 14.0. The Labute approximate surface area is 238 Å². The van der Waals surface area contributed by atoms with E-state index in [0.717, 1.165) is 97.2 Å². The molecule has 41 heavy (non-hydrogen) atoms. The predicted molar refractivity (Wildman–Crippen MR) is 158 cm³/mol. The van der Waals surface area contributed by atoms with E-state index >= 15 is 0 Å². The SMILES string of the molecule is Cc1c(CCC(=O)NCCN2CC3CC(C2)c2cccc(=O)n2C3)c(=O)oc2c(C)c3oc4c(c3cc12)CCCC4. The molecule has 0 spiro atoms. The first-order valence-corrected chi connectivity index (χ1v) is 15.1. The molecule has 2 atom stereocenters. The van der Waals surface area contributed by atoms with Gasteiger partial charge < -0.3 is 23.6 Å². The van der Waals surface area contributed by atoms with Crippen molar-refractivity contribution in [2.45, 2.75) is 71.3 Å². The maximum absolute atomic E-state index is 13.0. The Bertz CT molecular complexity index is 1790. The number of benzene rings is 1. The molecule has 1 saturated heterocycles. The van der Waals surface area contributed by atoms with Gasteiger partial charge in [-0.05, 0) is 69.6 Å². The molecule has 8 heteroatoms. The van der Waals surface area contributed by atoms with Gasteiger partial charge >= 0.3 is 5.63 Å². The number of fused-ring (bicyclic) bond motifs is 8. The molecule has 8 nitrogen and oxygen atoms in total. The zero-order chi connectivity index (χ0) is 28.2. The quantitative estimate of drug-likeness (QED) is 0.355. The standard InChI is InChI=1S/C33H37N3O5/c1-19-23(33(39)41-31-20(2)32-26(15-25(19)31)24-6-3-4-8-28(24)40-32)10-11-29(37)34-12-13-35-16-21-14-22(18-35)27-7-5-9-30(38)36(27)17-21/h5,7,9,15,21-22H,3-4,6,8,10-14,16-18H2,1-2H3,(H,34,37). The fourth-order valence-electron chi connectivity index (χ4n) is 7.56. The molecule has 2 bridgehead atoms. The second-order valence-corrected chi connectivity index (χ2v) is 12.3. The van der Waals surface area contributed by atoms with E-state index in [1.807, 2.05) is 24.5 Å². The molecule has 0 radical (unpaired) electrons. The van der Waals surface area contributed by atoms with Crippen LogP contribution in [0.4, 0.5) is 0 Å². The van der Waals surface area contributed by atoms with Crippen LogP contribution >= 0.6 is 0 Å². The Kier molecular flexibility index (Phi) is 6.61. The van der Waals surface area contributed by atoms with E-state index < -0.39 is 0 Å². The van der Waals surface area contributed by atoms with E-state index in [4.69, 9.17) is 8.83 Å². The van der Waals surface area contributed by atoms with Crippen molar-refractivity contribution < 1.29 is 13.6 Å². The summed E-state index contributed by atoms with van der Waals surface area (Å²) in [6.07, 6.45) is 5.97. The van der Waals surface area contributed by atoms with Gasteiger partial charge in [0, 0.05) is 90.7 Å². The van der Waals surface area contributed by atoms with Crippen molar-refractivity contribution >= 4 is 27.8 Å². The molecule has 7 rings (SSSR count). The number of piperidine rings is 1. The third-order valence-corrected chi connectivity index (χ3v) is 9.63. The molecular weight excluding hydrogens is 518 g/mol. The van der Waals surface area contributed by atoms with Crippen LogP contribution in [-0.4, -0.2) is 41.6 Å². The zero-order valence-electron chi connectivity index (χ0n) is 23.9. The van der Waals surface area contributed by atoms with Crippen LogP contribution in [0.3, 0.4) is 0 Å². The lowest BCUT2D eigenvalue weighted by Crippen LogP contribution is -2.48. The van der Waals surface area contributed by atoms with Crippen LogP contribution < -0.4 is 16.5 Å². The van der Waals surface area contributed by atoms with Gasteiger partial charge in [0.15, 0.2) is 0 Å². The van der Waals surface area contributed by atoms with Crippen molar-refractivity contribution in [3.05, 3.63) is 78.7 Å². The first-order valence-electron chi connectivity index (χ1n) is 15.1. The third kappa shape index (κ3) is 4.62. The Morgan fingerprint density at radius 3 is 2.71 bits per heavy atom. The highest BCUT2D eigenvalue weighted by atomic mass is 16.4. The minimum atomic E-state index is -0.374. The highest BCUT2D eigenvalue weighted by molar-refractivity contribution is 6.00. The molecule has 2 unspecified atom stereocenters. The number of hydrogen-bond donors (Lipinski definition) is 1. The number of likely N-dealkylation sites (tertiary alicyclic amines) is 1. The highest BCUT2D eigenvalue weighted by Gasteiger charge is 2.34. The molecule has 1 aliphatic carbocycles. The first-order chi connectivity index (χ1) is 19.9. The van der Waals surface area contributed by atoms with E-state index in [0.29, 0.717) is 35.9 Å². The van der Waals surface area contributed by atoms with Crippen molar-refractivity contribution in [3.8, 4) is 0 Å². The van der Waals surface area contributed by atoms with Crippen molar-refractivity contribution in [3.63, 3.8) is 0 Å². The van der Waals surface area contributed by atoms with Crippen molar-refractivity contribution in [2.24, 2.45) is 5.92 Å². The number of furan rings is 1. The van der Waals surface area contributed by atoms with E-state index in [9.17, 15) is 14.4 Å². The number of nitrogens with zero attached hydrogens (tertiary/aromatic N) is 2. The van der Waals surface area contributed by atoms with Crippen molar-refractivity contribution in [1.82, 2.24) is 14.8 Å². The van der Waals surface area contributed by atoms with Gasteiger partial charge in [0.1, 0.15) is 16.9 Å². The van der Waals surface area contributed by atoms with Crippen LogP contribution in [0.5, 0.6) is 0 Å². The van der Waals surface area contributed by atoms with E-state index in [1.165, 1.54) is 5.56 Å². The summed E-state index contributed by atoms with van der Waals surface area (Å²) in [4.78, 5) is 40.5. The number of rotatable bonds is 6. The number of pyridine rings is 1. The van der Waals surface area contributed by atoms with Crippen LogP contribution in [0.15, 0.2) is 42.7 Å². The smallest absolute Gasteiger partial charge is 0.339 e. The number of hydrogen-bond acceptors (Lipinski definition) is 6. The first kappa shape index (κ1) is 26.3. The number of aromatic nitrogens is 1. The number of carbonyl (C=O) groups excluding carboxylic acids is 1. The summed E-state index contributed by atoms with van der Waals surface area (Å²) in [6.45, 7) is 7.88. The van der Waals surface area contributed by atoms with E-state index in [-0.39, 0.29) is 23.5 Å². The lowest BCUT2D eigenvalue weighted by atomic mass is 9.83. The molecular formula is C33H37N3O5. The van der Waals surface area contributed by atoms with Crippen LogP contribution in [0.2, 0.25) is 0 Å². The molecule has 0 saturated carbocycles. The topological polar surface area (TPSA) is 97.7 Å². The number of nitrogens with one attached hydrogen (secondary N) is 1. The summed E-state index contributed by atoms with van der Waals surface area (Å²) in [5.41, 5.74) is 5.88. The monoisotopic (exact) mass is 555 g/mol. The van der Waals surface area contributed by atoms with Crippen LogP contribution in [0, 0.1) is 19.8 Å². The molecule has 3 aliphatic rings. The molecule has 1 N–H and O–H groups in total. The predicted octanol–water partition coefficient (Wildman–Crippen LogP) is 4.36. The zero-order valence-corrected chi connectivity index (χ0v) is 23.9. The molecule has 1 aromatic carbocycles. The Hall–Kier alpha value is -3.65. The summed E-state index contributed by atoms with van der Waals surface area (Å²) in [5.74, 6) is 1.83. The molecule has 5 heterocycles. The van der Waals surface area contributed by atoms with Crippen LogP contribution in [0.25, 0.3) is 21.9 Å². The second-order valence-electron chi connectivity index (χ2n) is 12.3. The molecule has 4 aromatic rings. The lowest BCUT2D eigenvalue weighted by Gasteiger charge is -2.42. The van der Waals surface area contributed by atoms with Gasteiger partial charge in [-0.3, -0.25) is 9.59 Å². The number of aryl methyl sites for hydroxylation is 4. The summed E-state index contributed by atoms with van der Waals surface area (Å²) in [7, 11) is 0.